The maximum absolute atomic E-state index is 11.9. The summed E-state index contributed by atoms with van der Waals surface area (Å²) in [5.74, 6) is 0.517. The number of hydrogen-bond acceptors (Lipinski definition) is 5. The topological polar surface area (TPSA) is 77.2 Å². The third kappa shape index (κ3) is 5.44. The molecule has 0 spiro atoms. The molecule has 0 amide bonds. The van der Waals surface area contributed by atoms with Gasteiger partial charge in [0.2, 0.25) is 5.78 Å². The van der Waals surface area contributed by atoms with Crippen LogP contribution in [0.5, 0.6) is 0 Å². The van der Waals surface area contributed by atoms with Gasteiger partial charge in [-0.15, -0.1) is 0 Å². The number of hydrogen-bond donors (Lipinski definition) is 2. The van der Waals surface area contributed by atoms with Gasteiger partial charge >= 0.3 is 33.3 Å². The summed E-state index contributed by atoms with van der Waals surface area (Å²) >= 11 is 0.194. The standard InChI is InChI=1S/C13H13N3O2.2ClH.Fe/c1-18-11-6-2-4-9(12(11)17)8-16-10-5-3-7-15-13(10)14;;;/h2-8,16H,1H3,(H2,14,15);2*1H;/q;;;+2/p-2/b9-8-;;;. The van der Waals surface area contributed by atoms with Crippen molar-refractivity contribution in [2.75, 3.05) is 18.2 Å². The molecule has 0 radical (unpaired) electrons. The third-order valence-electron chi connectivity index (χ3n) is 2.45. The Bertz CT molecular complexity index is 589. The molecule has 0 saturated heterocycles. The molecule has 1 aliphatic rings. The molecular formula is C13H13Cl2FeN3O2. The Morgan fingerprint density at radius 2 is 2.19 bits per heavy atom. The number of nitrogens with two attached hydrogens (primary N) is 1. The molecule has 0 saturated carbocycles. The number of ketones is 1. The number of halogens is 2. The maximum atomic E-state index is 11.9. The first-order valence-electron chi connectivity index (χ1n) is 5.63. The van der Waals surface area contributed by atoms with E-state index in [1.165, 1.54) is 7.11 Å². The second-order valence-corrected chi connectivity index (χ2v) is 5.48. The SMILES string of the molecule is COC1=CC=C/C(=C/Nc2cccnc2N)C1=O.[Cl][Fe][Cl]. The molecule has 0 aliphatic heterocycles. The summed E-state index contributed by atoms with van der Waals surface area (Å²) in [5, 5.41) is 2.95. The molecule has 21 heavy (non-hydrogen) atoms. The van der Waals surface area contributed by atoms with E-state index in [4.69, 9.17) is 30.7 Å². The number of carbonyl (C=O) groups is 1. The normalized spacial score (nSPS) is 15.3. The van der Waals surface area contributed by atoms with E-state index >= 15 is 0 Å². The van der Waals surface area contributed by atoms with Gasteiger partial charge in [0.25, 0.3) is 0 Å². The molecule has 1 aromatic heterocycles. The fraction of sp³-hybridized carbons (Fsp3) is 0.0769. The van der Waals surface area contributed by atoms with E-state index in [2.05, 4.69) is 10.3 Å². The molecule has 0 fully saturated rings. The molecule has 2 rings (SSSR count). The zero-order chi connectivity index (χ0) is 15.7. The number of allylic oxidation sites excluding steroid dienone is 4. The Labute approximate surface area is 137 Å². The first-order valence-corrected chi connectivity index (χ1v) is 8.67. The molecule has 1 aromatic rings. The van der Waals surface area contributed by atoms with Gasteiger partial charge in [-0.3, -0.25) is 4.79 Å². The van der Waals surface area contributed by atoms with Crippen LogP contribution in [0.25, 0.3) is 0 Å². The second-order valence-electron chi connectivity index (χ2n) is 3.65. The predicted octanol–water partition coefficient (Wildman–Crippen LogP) is 3.01. The van der Waals surface area contributed by atoms with Crippen molar-refractivity contribution in [3.05, 3.63) is 54.1 Å². The van der Waals surface area contributed by atoms with E-state index in [0.29, 0.717) is 22.8 Å². The van der Waals surface area contributed by atoms with Crippen LogP contribution in [0.2, 0.25) is 0 Å². The summed E-state index contributed by atoms with van der Waals surface area (Å²) in [5.41, 5.74) is 6.83. The Morgan fingerprint density at radius 3 is 2.81 bits per heavy atom. The van der Waals surface area contributed by atoms with Crippen LogP contribution in [0.1, 0.15) is 0 Å². The molecule has 8 heteroatoms. The van der Waals surface area contributed by atoms with Crippen LogP contribution in [-0.2, 0) is 22.7 Å². The van der Waals surface area contributed by atoms with E-state index in [0.717, 1.165) is 0 Å². The van der Waals surface area contributed by atoms with Crippen molar-refractivity contribution in [2.24, 2.45) is 0 Å². The molecule has 0 atom stereocenters. The summed E-state index contributed by atoms with van der Waals surface area (Å²) in [4.78, 5) is 15.8. The molecule has 114 valence electrons. The Balaban J connectivity index is 0.000000677. The number of Topliss-reactive ketones (excluding diaryl/α,β-unsaturated/α-hetero) is 1. The van der Waals surface area contributed by atoms with Gasteiger partial charge in [0, 0.05) is 18.0 Å². The van der Waals surface area contributed by atoms with Gasteiger partial charge in [-0.1, -0.05) is 6.08 Å². The fourth-order valence-corrected chi connectivity index (χ4v) is 1.50. The van der Waals surface area contributed by atoms with Crippen LogP contribution < -0.4 is 11.1 Å². The van der Waals surface area contributed by atoms with E-state index < -0.39 is 0 Å². The number of ether oxygens (including phenoxy) is 1. The van der Waals surface area contributed by atoms with Crippen molar-refractivity contribution in [3.8, 4) is 0 Å². The number of aromatic nitrogens is 1. The van der Waals surface area contributed by atoms with Crippen molar-refractivity contribution < 1.29 is 22.7 Å². The fourth-order valence-electron chi connectivity index (χ4n) is 1.50. The van der Waals surface area contributed by atoms with Crippen molar-refractivity contribution in [2.45, 2.75) is 0 Å². The van der Waals surface area contributed by atoms with Crippen molar-refractivity contribution in [1.82, 2.24) is 4.98 Å². The van der Waals surface area contributed by atoms with Crippen LogP contribution in [0.4, 0.5) is 11.5 Å². The molecular weight excluding hydrogens is 357 g/mol. The van der Waals surface area contributed by atoms with Crippen molar-refractivity contribution >= 4 is 37.5 Å². The van der Waals surface area contributed by atoms with Gasteiger partial charge in [0.05, 0.1) is 12.8 Å². The van der Waals surface area contributed by atoms with Crippen molar-refractivity contribution in [1.29, 1.82) is 0 Å². The number of nitrogens with one attached hydrogen (secondary N) is 1. The second kappa shape index (κ2) is 9.47. The molecule has 5 nitrogen and oxygen atoms in total. The van der Waals surface area contributed by atoms with Gasteiger partial charge in [-0.05, 0) is 24.3 Å². The minimum absolute atomic E-state index is 0.171. The van der Waals surface area contributed by atoms with E-state index in [1.807, 2.05) is 0 Å². The molecule has 1 heterocycles. The first-order chi connectivity index (χ1) is 10.1. The van der Waals surface area contributed by atoms with Gasteiger partial charge in [0.1, 0.15) is 5.82 Å². The summed E-state index contributed by atoms with van der Waals surface area (Å²) < 4.78 is 4.96. The summed E-state index contributed by atoms with van der Waals surface area (Å²) in [6.45, 7) is 0. The number of pyridine rings is 1. The Hall–Kier alpha value is -1.46. The molecule has 0 aromatic carbocycles. The predicted molar refractivity (Wildman–Crippen MR) is 81.3 cm³/mol. The van der Waals surface area contributed by atoms with Crippen LogP contribution in [-0.4, -0.2) is 17.9 Å². The molecule has 3 N–H and O–H groups in total. The number of nitrogen functional groups attached to an aromatic ring is 1. The molecule has 0 bridgehead atoms. The average molecular weight is 370 g/mol. The number of carbonyl (C=O) groups excluding carboxylic acids is 1. The van der Waals surface area contributed by atoms with E-state index in [9.17, 15) is 4.79 Å². The molecule has 1 aliphatic carbocycles. The Kier molecular flexibility index (Phi) is 7.93. The number of anilines is 2. The van der Waals surface area contributed by atoms with Crippen LogP contribution >= 0.6 is 20.2 Å². The number of nitrogens with zero attached hydrogens (tertiary/aromatic N) is 1. The summed E-state index contributed by atoms with van der Waals surface area (Å²) in [7, 11) is 11.0. The Morgan fingerprint density at radius 1 is 1.48 bits per heavy atom. The van der Waals surface area contributed by atoms with E-state index in [1.54, 1.807) is 42.8 Å². The van der Waals surface area contributed by atoms with Gasteiger partial charge in [0.15, 0.2) is 5.76 Å². The van der Waals surface area contributed by atoms with Gasteiger partial charge < -0.3 is 15.8 Å². The van der Waals surface area contributed by atoms with Crippen LogP contribution in [0.3, 0.4) is 0 Å². The van der Waals surface area contributed by atoms with Gasteiger partial charge in [-0.25, -0.2) is 4.98 Å². The average Bonchev–Trinajstić information content (AvgIpc) is 2.48. The molecule has 0 unspecified atom stereocenters. The summed E-state index contributed by atoms with van der Waals surface area (Å²) in [6.07, 6.45) is 8.26. The zero-order valence-corrected chi connectivity index (χ0v) is 13.6. The number of methoxy groups -OCH3 is 1. The van der Waals surface area contributed by atoms with Crippen LogP contribution in [0, 0.1) is 0 Å². The van der Waals surface area contributed by atoms with E-state index in [-0.39, 0.29) is 18.9 Å². The van der Waals surface area contributed by atoms with Crippen LogP contribution in [0.15, 0.2) is 54.1 Å². The summed E-state index contributed by atoms with van der Waals surface area (Å²) in [6, 6.07) is 3.54. The van der Waals surface area contributed by atoms with Gasteiger partial charge in [-0.2, -0.15) is 0 Å². The monoisotopic (exact) mass is 369 g/mol. The zero-order valence-electron chi connectivity index (χ0n) is 11.0. The minimum atomic E-state index is -0.171. The van der Waals surface area contributed by atoms with Crippen molar-refractivity contribution in [3.63, 3.8) is 0 Å². The quantitative estimate of drug-likeness (QED) is 0.632. The number of rotatable bonds is 3. The first kappa shape index (κ1) is 17.6. The third-order valence-corrected chi connectivity index (χ3v) is 2.45.